The van der Waals surface area contributed by atoms with Gasteiger partial charge in [0.1, 0.15) is 0 Å². The third-order valence-corrected chi connectivity index (χ3v) is 2.94. The summed E-state index contributed by atoms with van der Waals surface area (Å²) < 4.78 is 5.74. The zero-order chi connectivity index (χ0) is 13.6. The van der Waals surface area contributed by atoms with Gasteiger partial charge < -0.3 is 10.1 Å². The smallest absolute Gasteiger partial charge is 0.0646 e. The molecule has 2 heteroatoms. The molecule has 0 aliphatic rings. The molecule has 0 aromatic heterocycles. The van der Waals surface area contributed by atoms with Crippen LogP contribution in [0.4, 0.5) is 5.69 Å². The van der Waals surface area contributed by atoms with Crippen molar-refractivity contribution in [2.45, 2.75) is 53.1 Å². The van der Waals surface area contributed by atoms with Crippen molar-refractivity contribution in [2.24, 2.45) is 0 Å². The molecule has 2 nitrogen and oxygen atoms in total. The van der Waals surface area contributed by atoms with Gasteiger partial charge in [0, 0.05) is 12.2 Å². The summed E-state index contributed by atoms with van der Waals surface area (Å²) in [5.74, 6) is 0. The Hall–Kier alpha value is -1.02. The van der Waals surface area contributed by atoms with Crippen molar-refractivity contribution in [3.05, 3.63) is 29.3 Å². The van der Waals surface area contributed by atoms with Crippen molar-refractivity contribution < 1.29 is 4.74 Å². The lowest BCUT2D eigenvalue weighted by atomic mass is 10.0. The van der Waals surface area contributed by atoms with Crippen molar-refractivity contribution in [2.75, 3.05) is 18.5 Å². The van der Waals surface area contributed by atoms with E-state index in [1.807, 2.05) is 0 Å². The Morgan fingerprint density at radius 3 is 2.06 bits per heavy atom. The standard InChI is InChI=1S/C16H27NO/c1-6-13-9-8-10-14(7-2)15(13)17-11-12-18-16(3,4)5/h8-10,17H,6-7,11-12H2,1-5H3. The normalized spacial score (nSPS) is 11.6. The summed E-state index contributed by atoms with van der Waals surface area (Å²) in [6, 6.07) is 6.55. The Kier molecular flexibility index (Phi) is 5.67. The van der Waals surface area contributed by atoms with Gasteiger partial charge in [0.25, 0.3) is 0 Å². The fraction of sp³-hybridized carbons (Fsp3) is 0.625. The average Bonchev–Trinajstić information content (AvgIpc) is 2.33. The highest BCUT2D eigenvalue weighted by Crippen LogP contribution is 2.22. The number of ether oxygens (including phenoxy) is 1. The molecule has 0 saturated carbocycles. The topological polar surface area (TPSA) is 21.3 Å². The number of hydrogen-bond acceptors (Lipinski definition) is 2. The van der Waals surface area contributed by atoms with E-state index < -0.39 is 0 Å². The van der Waals surface area contributed by atoms with E-state index in [0.29, 0.717) is 0 Å². The molecular formula is C16H27NO. The van der Waals surface area contributed by atoms with Crippen LogP contribution >= 0.6 is 0 Å². The SMILES string of the molecule is CCc1cccc(CC)c1NCCOC(C)(C)C. The van der Waals surface area contributed by atoms with Gasteiger partial charge in [-0.3, -0.25) is 0 Å². The van der Waals surface area contributed by atoms with Crippen LogP contribution in [0.3, 0.4) is 0 Å². The second kappa shape index (κ2) is 6.79. The number of rotatable bonds is 6. The summed E-state index contributed by atoms with van der Waals surface area (Å²) >= 11 is 0. The summed E-state index contributed by atoms with van der Waals surface area (Å²) in [4.78, 5) is 0. The van der Waals surface area contributed by atoms with Gasteiger partial charge in [0.15, 0.2) is 0 Å². The second-order valence-electron chi connectivity index (χ2n) is 5.55. The Bertz CT molecular complexity index is 344. The van der Waals surface area contributed by atoms with Crippen LogP contribution in [0.1, 0.15) is 45.7 Å². The van der Waals surface area contributed by atoms with Gasteiger partial charge >= 0.3 is 0 Å². The van der Waals surface area contributed by atoms with E-state index in [1.165, 1.54) is 16.8 Å². The van der Waals surface area contributed by atoms with E-state index >= 15 is 0 Å². The molecule has 0 aliphatic heterocycles. The molecule has 102 valence electrons. The molecule has 1 rings (SSSR count). The van der Waals surface area contributed by atoms with Crippen LogP contribution in [0.15, 0.2) is 18.2 Å². The molecule has 0 radical (unpaired) electrons. The molecular weight excluding hydrogens is 222 g/mol. The Balaban J connectivity index is 2.60. The first-order chi connectivity index (χ1) is 8.48. The Morgan fingerprint density at radius 1 is 1.06 bits per heavy atom. The van der Waals surface area contributed by atoms with Crippen LogP contribution in [0.2, 0.25) is 0 Å². The minimum absolute atomic E-state index is 0.0560. The first-order valence-corrected chi connectivity index (χ1v) is 6.96. The third-order valence-electron chi connectivity index (χ3n) is 2.94. The molecule has 0 spiro atoms. The molecule has 1 aromatic rings. The van der Waals surface area contributed by atoms with Gasteiger partial charge in [-0.05, 0) is 44.7 Å². The van der Waals surface area contributed by atoms with Crippen LogP contribution in [-0.4, -0.2) is 18.8 Å². The molecule has 18 heavy (non-hydrogen) atoms. The molecule has 0 atom stereocenters. The highest BCUT2D eigenvalue weighted by atomic mass is 16.5. The quantitative estimate of drug-likeness (QED) is 0.768. The van der Waals surface area contributed by atoms with E-state index in [0.717, 1.165) is 26.0 Å². The zero-order valence-corrected chi connectivity index (χ0v) is 12.5. The van der Waals surface area contributed by atoms with E-state index in [1.54, 1.807) is 0 Å². The van der Waals surface area contributed by atoms with E-state index in [-0.39, 0.29) is 5.60 Å². The Labute approximate surface area is 112 Å². The predicted octanol–water partition coefficient (Wildman–Crippen LogP) is 4.04. The number of anilines is 1. The number of aryl methyl sites for hydroxylation is 2. The summed E-state index contributed by atoms with van der Waals surface area (Å²) in [6.07, 6.45) is 2.13. The number of para-hydroxylation sites is 1. The van der Waals surface area contributed by atoms with Crippen molar-refractivity contribution in [1.82, 2.24) is 0 Å². The number of nitrogens with one attached hydrogen (secondary N) is 1. The lowest BCUT2D eigenvalue weighted by molar-refractivity contribution is 0.00333. The van der Waals surface area contributed by atoms with Gasteiger partial charge in [0.2, 0.25) is 0 Å². The average molecular weight is 249 g/mol. The summed E-state index contributed by atoms with van der Waals surface area (Å²) in [6.45, 7) is 12.3. The molecule has 0 fully saturated rings. The van der Waals surface area contributed by atoms with E-state index in [9.17, 15) is 0 Å². The van der Waals surface area contributed by atoms with Crippen LogP contribution in [0.5, 0.6) is 0 Å². The number of benzene rings is 1. The lowest BCUT2D eigenvalue weighted by Crippen LogP contribution is -2.23. The lowest BCUT2D eigenvalue weighted by Gasteiger charge is -2.21. The highest BCUT2D eigenvalue weighted by Gasteiger charge is 2.10. The molecule has 0 amide bonds. The fourth-order valence-electron chi connectivity index (χ4n) is 2.00. The van der Waals surface area contributed by atoms with Crippen LogP contribution in [-0.2, 0) is 17.6 Å². The second-order valence-corrected chi connectivity index (χ2v) is 5.55. The molecule has 0 saturated heterocycles. The van der Waals surface area contributed by atoms with Crippen molar-refractivity contribution in [3.8, 4) is 0 Å². The minimum Gasteiger partial charge on any atom is -0.382 e. The van der Waals surface area contributed by atoms with Crippen LogP contribution < -0.4 is 5.32 Å². The van der Waals surface area contributed by atoms with Gasteiger partial charge in [-0.1, -0.05) is 32.0 Å². The van der Waals surface area contributed by atoms with Gasteiger partial charge in [-0.15, -0.1) is 0 Å². The monoisotopic (exact) mass is 249 g/mol. The first-order valence-electron chi connectivity index (χ1n) is 6.96. The molecule has 0 heterocycles. The van der Waals surface area contributed by atoms with Gasteiger partial charge in [-0.25, -0.2) is 0 Å². The van der Waals surface area contributed by atoms with Gasteiger partial charge in [-0.2, -0.15) is 0 Å². The Morgan fingerprint density at radius 2 is 1.61 bits per heavy atom. The fourth-order valence-corrected chi connectivity index (χ4v) is 2.00. The summed E-state index contributed by atoms with van der Waals surface area (Å²) in [7, 11) is 0. The molecule has 1 aromatic carbocycles. The number of hydrogen-bond donors (Lipinski definition) is 1. The first kappa shape index (κ1) is 15.0. The van der Waals surface area contributed by atoms with Crippen molar-refractivity contribution >= 4 is 5.69 Å². The largest absolute Gasteiger partial charge is 0.382 e. The highest BCUT2D eigenvalue weighted by molar-refractivity contribution is 5.57. The molecule has 1 N–H and O–H groups in total. The maximum absolute atomic E-state index is 5.74. The predicted molar refractivity (Wildman–Crippen MR) is 79.4 cm³/mol. The summed E-state index contributed by atoms with van der Waals surface area (Å²) in [5, 5.41) is 3.53. The van der Waals surface area contributed by atoms with Crippen LogP contribution in [0.25, 0.3) is 0 Å². The van der Waals surface area contributed by atoms with Crippen molar-refractivity contribution in [3.63, 3.8) is 0 Å². The minimum atomic E-state index is -0.0560. The molecule has 0 bridgehead atoms. The molecule has 0 unspecified atom stereocenters. The maximum atomic E-state index is 5.74. The van der Waals surface area contributed by atoms with Gasteiger partial charge in [0.05, 0.1) is 12.2 Å². The van der Waals surface area contributed by atoms with Crippen molar-refractivity contribution in [1.29, 1.82) is 0 Å². The summed E-state index contributed by atoms with van der Waals surface area (Å²) in [5.41, 5.74) is 4.04. The molecule has 0 aliphatic carbocycles. The van der Waals surface area contributed by atoms with Crippen LogP contribution in [0, 0.1) is 0 Å². The van der Waals surface area contributed by atoms with E-state index in [4.69, 9.17) is 4.74 Å². The zero-order valence-electron chi connectivity index (χ0n) is 12.5. The maximum Gasteiger partial charge on any atom is 0.0646 e. The third kappa shape index (κ3) is 4.69. The van der Waals surface area contributed by atoms with E-state index in [2.05, 4.69) is 58.1 Å².